The average Bonchev–Trinajstić information content (AvgIpc) is 0.959. The van der Waals surface area contributed by atoms with E-state index in [1.54, 1.807) is 0 Å². The zero-order valence-corrected chi connectivity index (χ0v) is 64.8. The number of carbonyl (C=O) groups excluding carboxylic acids is 4. The van der Waals surface area contributed by atoms with Gasteiger partial charge in [-0.05, 0) is 161 Å². The molecule has 578 valence electrons. The Morgan fingerprint density at radius 3 is 0.843 bits per heavy atom. The highest BCUT2D eigenvalue weighted by molar-refractivity contribution is 7.47. The zero-order chi connectivity index (χ0) is 74.6. The number of phosphoric ester groups is 2. The number of phosphoric acid groups is 2. The number of aliphatic hydroxyl groups excluding tert-OH is 1. The molecule has 0 amide bonds. The molecular formula is C83H134O17P2. The van der Waals surface area contributed by atoms with Crippen LogP contribution in [0.25, 0.3) is 0 Å². The highest BCUT2D eigenvalue weighted by Crippen LogP contribution is 2.45. The SMILES string of the molecule is CC/C=C\C/C=C\C/C=C\C/C=C\C/C=C\CCCC(=O)OCC(COP(=O)(O)OCC(O)COP(=O)(O)OCC(COC(=O)CCCCCCC/C=C\C/C=C\C/C=C\CC)OC(=O)CCCCCCC/C=C\CCCCCC)OC(=O)CCC/C=C\C/C=C\C/C=C\C/C=C\C/C=C\CC. The molecule has 0 heterocycles. The number of hydrogen-bond acceptors (Lipinski definition) is 15. The van der Waals surface area contributed by atoms with Crippen molar-refractivity contribution in [1.29, 1.82) is 0 Å². The lowest BCUT2D eigenvalue weighted by molar-refractivity contribution is -0.161. The molecule has 102 heavy (non-hydrogen) atoms. The van der Waals surface area contributed by atoms with E-state index in [1.165, 1.54) is 25.7 Å². The molecule has 0 aliphatic heterocycles. The van der Waals surface area contributed by atoms with Gasteiger partial charge < -0.3 is 33.8 Å². The van der Waals surface area contributed by atoms with Crippen LogP contribution in [0.2, 0.25) is 0 Å². The summed E-state index contributed by atoms with van der Waals surface area (Å²) in [6.07, 6.45) is 86.5. The Kier molecular flexibility index (Phi) is 69.7. The van der Waals surface area contributed by atoms with Crippen LogP contribution in [-0.4, -0.2) is 96.7 Å². The second-order valence-corrected chi connectivity index (χ2v) is 27.7. The van der Waals surface area contributed by atoms with Crippen molar-refractivity contribution in [2.45, 2.75) is 290 Å². The topological polar surface area (TPSA) is 237 Å². The summed E-state index contributed by atoms with van der Waals surface area (Å²) in [5.41, 5.74) is 0. The Balaban J connectivity index is 5.50. The van der Waals surface area contributed by atoms with Gasteiger partial charge in [0.25, 0.3) is 0 Å². The van der Waals surface area contributed by atoms with Crippen LogP contribution >= 0.6 is 15.6 Å². The summed E-state index contributed by atoms with van der Waals surface area (Å²) in [4.78, 5) is 72.9. The quantitative estimate of drug-likeness (QED) is 0.0169. The van der Waals surface area contributed by atoms with Crippen molar-refractivity contribution >= 4 is 39.5 Å². The van der Waals surface area contributed by atoms with Crippen molar-refractivity contribution in [3.8, 4) is 0 Å². The first-order chi connectivity index (χ1) is 49.7. The van der Waals surface area contributed by atoms with E-state index in [2.05, 4.69) is 174 Å². The Morgan fingerprint density at radius 1 is 0.284 bits per heavy atom. The van der Waals surface area contributed by atoms with Gasteiger partial charge >= 0.3 is 39.5 Å². The summed E-state index contributed by atoms with van der Waals surface area (Å²) in [7, 11) is -10.0. The molecule has 0 saturated carbocycles. The fraction of sp³-hybridized carbons (Fsp3) is 0.614. The molecule has 0 aliphatic carbocycles. The van der Waals surface area contributed by atoms with Crippen LogP contribution in [0.15, 0.2) is 170 Å². The van der Waals surface area contributed by atoms with Crippen LogP contribution in [0.4, 0.5) is 0 Å². The number of unbranched alkanes of at least 4 members (excludes halogenated alkanes) is 16. The molecule has 0 rings (SSSR count). The summed E-state index contributed by atoms with van der Waals surface area (Å²) in [5.74, 6) is -2.35. The first-order valence-corrected chi connectivity index (χ1v) is 41.4. The number of rotatable bonds is 70. The molecule has 0 fully saturated rings. The van der Waals surface area contributed by atoms with E-state index >= 15 is 0 Å². The molecule has 0 bridgehead atoms. The molecule has 3 N–H and O–H groups in total. The molecule has 0 saturated heterocycles. The van der Waals surface area contributed by atoms with Crippen molar-refractivity contribution in [1.82, 2.24) is 0 Å². The van der Waals surface area contributed by atoms with Crippen molar-refractivity contribution in [2.24, 2.45) is 0 Å². The zero-order valence-electron chi connectivity index (χ0n) is 63.0. The van der Waals surface area contributed by atoms with E-state index in [1.807, 2.05) is 24.3 Å². The van der Waals surface area contributed by atoms with Gasteiger partial charge in [0, 0.05) is 25.7 Å². The van der Waals surface area contributed by atoms with Gasteiger partial charge in [0.15, 0.2) is 12.2 Å². The molecule has 0 radical (unpaired) electrons. The van der Waals surface area contributed by atoms with Crippen LogP contribution in [0.3, 0.4) is 0 Å². The Labute approximate surface area is 616 Å². The van der Waals surface area contributed by atoms with Gasteiger partial charge in [-0.2, -0.15) is 0 Å². The van der Waals surface area contributed by atoms with Crippen LogP contribution in [0.1, 0.15) is 272 Å². The molecule has 5 unspecified atom stereocenters. The largest absolute Gasteiger partial charge is 0.472 e. The third-order valence-electron chi connectivity index (χ3n) is 15.2. The molecule has 0 aromatic carbocycles. The number of allylic oxidation sites excluding steroid dienone is 28. The third kappa shape index (κ3) is 72.8. The van der Waals surface area contributed by atoms with E-state index < -0.39 is 97.5 Å². The normalized spacial score (nSPS) is 14.9. The van der Waals surface area contributed by atoms with E-state index in [9.17, 15) is 43.2 Å². The molecule has 0 aliphatic rings. The first-order valence-electron chi connectivity index (χ1n) is 38.4. The molecule has 19 heteroatoms. The molecule has 0 spiro atoms. The number of ether oxygens (including phenoxy) is 4. The lowest BCUT2D eigenvalue weighted by atomic mass is 10.1. The van der Waals surface area contributed by atoms with Crippen molar-refractivity contribution in [2.75, 3.05) is 39.6 Å². The highest BCUT2D eigenvalue weighted by Gasteiger charge is 2.30. The number of esters is 4. The molecular weight excluding hydrogens is 1330 g/mol. The van der Waals surface area contributed by atoms with Gasteiger partial charge in [0.2, 0.25) is 0 Å². The van der Waals surface area contributed by atoms with Crippen LogP contribution in [0, 0.1) is 0 Å². The molecule has 17 nitrogen and oxygen atoms in total. The van der Waals surface area contributed by atoms with E-state index in [0.29, 0.717) is 38.5 Å². The van der Waals surface area contributed by atoms with Crippen LogP contribution < -0.4 is 0 Å². The second-order valence-electron chi connectivity index (χ2n) is 24.8. The fourth-order valence-electron chi connectivity index (χ4n) is 9.42. The van der Waals surface area contributed by atoms with E-state index in [4.69, 9.17) is 37.0 Å². The van der Waals surface area contributed by atoms with Gasteiger partial charge in [0.05, 0.1) is 26.4 Å². The lowest BCUT2D eigenvalue weighted by Crippen LogP contribution is -2.30. The number of hydrogen-bond donors (Lipinski definition) is 3. The minimum Gasteiger partial charge on any atom is -0.462 e. The number of carbonyl (C=O) groups is 4. The van der Waals surface area contributed by atoms with Gasteiger partial charge in [0.1, 0.15) is 19.3 Å². The van der Waals surface area contributed by atoms with Crippen LogP contribution in [-0.2, 0) is 65.4 Å². The standard InChI is InChI=1S/C83H134O17P2/c1-5-9-13-17-21-25-29-33-36-38-41-45-48-52-56-60-64-68-81(86)94-74-79(100-83(88)70-66-62-58-54-50-46-42-39-37-34-30-26-22-18-14-10-6-2)76-98-102(91,92)96-72-77(84)71-95-101(89,90)97-75-78(99-82(87)69-65-61-57-53-49-43-32-28-24-20-16-12-8-4)73-93-80(85)67-63-59-55-51-47-44-40-35-31-27-23-19-15-11-7-3/h9-11,13-15,21-23,25-28,32-37,40-42,45-46,52,54,56,58,77-79,84H,5-8,12,16-20,24,29-31,38-39,43-44,47-51,53,55,57,59-76H2,1-4H3,(H,89,90)(H,91,92)/b13-9-,14-10-,15-11-,25-21-,26-22-,27-23-,32-28-,36-33-,37-34-,40-35-,45-41-,46-42-,56-52-,58-54-. The van der Waals surface area contributed by atoms with Crippen molar-refractivity contribution in [3.63, 3.8) is 0 Å². The van der Waals surface area contributed by atoms with Gasteiger partial charge in [-0.15, -0.1) is 0 Å². The van der Waals surface area contributed by atoms with Gasteiger partial charge in [-0.1, -0.05) is 256 Å². The summed E-state index contributed by atoms with van der Waals surface area (Å²) < 4.78 is 68.4. The number of aliphatic hydroxyl groups is 1. The predicted octanol–water partition coefficient (Wildman–Crippen LogP) is 22.2. The maximum atomic E-state index is 13.1. The summed E-state index contributed by atoms with van der Waals surface area (Å²) in [6, 6.07) is 0. The first kappa shape index (κ1) is 96.4. The van der Waals surface area contributed by atoms with Crippen molar-refractivity contribution < 1.29 is 80.2 Å². The van der Waals surface area contributed by atoms with Crippen LogP contribution in [0.5, 0.6) is 0 Å². The highest BCUT2D eigenvalue weighted by atomic mass is 31.2. The maximum Gasteiger partial charge on any atom is 0.472 e. The smallest absolute Gasteiger partial charge is 0.462 e. The molecule has 0 aromatic heterocycles. The summed E-state index contributed by atoms with van der Waals surface area (Å²) >= 11 is 0. The van der Waals surface area contributed by atoms with Crippen molar-refractivity contribution in [3.05, 3.63) is 170 Å². The Morgan fingerprint density at radius 2 is 0.520 bits per heavy atom. The molecule has 0 aromatic rings. The van der Waals surface area contributed by atoms with E-state index in [-0.39, 0.29) is 25.7 Å². The monoisotopic (exact) mass is 1460 g/mol. The fourth-order valence-corrected chi connectivity index (χ4v) is 11.0. The minimum atomic E-state index is -5.01. The minimum absolute atomic E-state index is 0.00242. The van der Waals surface area contributed by atoms with Gasteiger partial charge in [-0.25, -0.2) is 9.13 Å². The summed E-state index contributed by atoms with van der Waals surface area (Å²) in [5, 5.41) is 10.6. The van der Waals surface area contributed by atoms with Gasteiger partial charge in [-0.3, -0.25) is 37.3 Å². The summed E-state index contributed by atoms with van der Waals surface area (Å²) in [6.45, 7) is 4.33. The Hall–Kier alpha value is -5.58. The predicted molar refractivity (Wildman–Crippen MR) is 417 cm³/mol. The third-order valence-corrected chi connectivity index (χ3v) is 17.1. The lowest BCUT2D eigenvalue weighted by Gasteiger charge is -2.21. The Bertz CT molecular complexity index is 2600. The van der Waals surface area contributed by atoms with E-state index in [0.717, 1.165) is 154 Å². The average molecular weight is 1470 g/mol. The molecule has 5 atom stereocenters. The maximum absolute atomic E-state index is 13.1. The second kappa shape index (κ2) is 73.7.